The Labute approximate surface area is 99.6 Å². The molecule has 1 fully saturated rings. The molecular weight excluding hydrogens is 230 g/mol. The van der Waals surface area contributed by atoms with Crippen molar-refractivity contribution in [3.63, 3.8) is 0 Å². The Hall–Kier alpha value is -0.630. The van der Waals surface area contributed by atoms with Gasteiger partial charge in [0.25, 0.3) is 0 Å². The quantitative estimate of drug-likeness (QED) is 0.686. The first-order chi connectivity index (χ1) is 7.58. The summed E-state index contributed by atoms with van der Waals surface area (Å²) < 4.78 is 26.2. The smallest absolute Gasteiger partial charge is 0.129 e. The van der Waals surface area contributed by atoms with Crippen molar-refractivity contribution in [2.24, 2.45) is 11.8 Å². The Morgan fingerprint density at radius 1 is 1.31 bits per heavy atom. The summed E-state index contributed by atoms with van der Waals surface area (Å²) in [5.74, 6) is -0.130. The van der Waals surface area contributed by atoms with Gasteiger partial charge in [0.1, 0.15) is 11.6 Å². The van der Waals surface area contributed by atoms with E-state index in [0.717, 1.165) is 18.9 Å². The molecule has 0 saturated heterocycles. The first-order valence-electron chi connectivity index (χ1n) is 5.66. The molecule has 2 rings (SSSR count). The maximum Gasteiger partial charge on any atom is 0.129 e. The van der Waals surface area contributed by atoms with Crippen LogP contribution in [0, 0.1) is 23.5 Å². The SMILES string of the molecule is CC1C(Cl)CCC1Cc1ccc(F)cc1F. The van der Waals surface area contributed by atoms with Gasteiger partial charge in [0, 0.05) is 11.4 Å². The molecule has 1 aromatic carbocycles. The predicted molar refractivity (Wildman–Crippen MR) is 61.6 cm³/mol. The lowest BCUT2D eigenvalue weighted by molar-refractivity contribution is 0.412. The first kappa shape index (κ1) is 11.8. The van der Waals surface area contributed by atoms with Gasteiger partial charge in [-0.1, -0.05) is 13.0 Å². The molecule has 0 N–H and O–H groups in total. The van der Waals surface area contributed by atoms with E-state index in [1.165, 1.54) is 6.07 Å². The highest BCUT2D eigenvalue weighted by Gasteiger charge is 2.31. The minimum absolute atomic E-state index is 0.202. The maximum absolute atomic E-state index is 13.5. The van der Waals surface area contributed by atoms with Gasteiger partial charge in [-0.05, 0) is 42.7 Å². The monoisotopic (exact) mass is 244 g/mol. The summed E-state index contributed by atoms with van der Waals surface area (Å²) in [5, 5.41) is 0.202. The van der Waals surface area contributed by atoms with E-state index in [4.69, 9.17) is 11.6 Å². The van der Waals surface area contributed by atoms with Crippen LogP contribution in [0.2, 0.25) is 0 Å². The van der Waals surface area contributed by atoms with Crippen LogP contribution in [0.5, 0.6) is 0 Å². The van der Waals surface area contributed by atoms with Gasteiger partial charge in [-0.2, -0.15) is 0 Å². The molecule has 1 aromatic rings. The molecule has 1 aliphatic rings. The van der Waals surface area contributed by atoms with E-state index in [1.54, 1.807) is 6.07 Å². The summed E-state index contributed by atoms with van der Waals surface area (Å²) in [7, 11) is 0. The van der Waals surface area contributed by atoms with Crippen LogP contribution in [0.4, 0.5) is 8.78 Å². The Kier molecular flexibility index (Phi) is 3.48. The van der Waals surface area contributed by atoms with E-state index >= 15 is 0 Å². The topological polar surface area (TPSA) is 0 Å². The lowest BCUT2D eigenvalue weighted by Gasteiger charge is -2.17. The molecule has 3 unspecified atom stereocenters. The lowest BCUT2D eigenvalue weighted by atomic mass is 9.91. The Morgan fingerprint density at radius 3 is 2.62 bits per heavy atom. The molecular formula is C13H15ClF2. The van der Waals surface area contributed by atoms with Crippen LogP contribution in [0.25, 0.3) is 0 Å². The van der Waals surface area contributed by atoms with Gasteiger partial charge in [0.15, 0.2) is 0 Å². The van der Waals surface area contributed by atoms with Crippen molar-refractivity contribution in [1.29, 1.82) is 0 Å². The fraction of sp³-hybridized carbons (Fsp3) is 0.538. The molecule has 0 heterocycles. The van der Waals surface area contributed by atoms with Crippen molar-refractivity contribution < 1.29 is 8.78 Å². The average Bonchev–Trinajstić information content (AvgIpc) is 2.54. The van der Waals surface area contributed by atoms with Gasteiger partial charge < -0.3 is 0 Å². The predicted octanol–water partition coefficient (Wildman–Crippen LogP) is 4.16. The highest BCUT2D eigenvalue weighted by atomic mass is 35.5. The van der Waals surface area contributed by atoms with Crippen LogP contribution >= 0.6 is 11.6 Å². The molecule has 3 atom stereocenters. The molecule has 0 spiro atoms. The summed E-state index contributed by atoms with van der Waals surface area (Å²) in [6.45, 7) is 2.11. The summed E-state index contributed by atoms with van der Waals surface area (Å²) in [5.41, 5.74) is 0.601. The van der Waals surface area contributed by atoms with Crippen LogP contribution in [0.1, 0.15) is 25.3 Å². The molecule has 0 bridgehead atoms. The van der Waals surface area contributed by atoms with Crippen LogP contribution in [0.15, 0.2) is 18.2 Å². The van der Waals surface area contributed by atoms with E-state index in [1.807, 2.05) is 0 Å². The van der Waals surface area contributed by atoms with Gasteiger partial charge in [0.05, 0.1) is 0 Å². The van der Waals surface area contributed by atoms with Crippen molar-refractivity contribution in [1.82, 2.24) is 0 Å². The number of benzene rings is 1. The van der Waals surface area contributed by atoms with Crippen molar-refractivity contribution in [2.75, 3.05) is 0 Å². The summed E-state index contributed by atoms with van der Waals surface area (Å²) in [6.07, 6.45) is 2.69. The third kappa shape index (κ3) is 2.37. The number of hydrogen-bond acceptors (Lipinski definition) is 0. The van der Waals surface area contributed by atoms with E-state index in [0.29, 0.717) is 23.8 Å². The van der Waals surface area contributed by atoms with E-state index in [-0.39, 0.29) is 5.38 Å². The Balaban J connectivity index is 2.09. The molecule has 1 saturated carbocycles. The largest absolute Gasteiger partial charge is 0.207 e. The molecule has 16 heavy (non-hydrogen) atoms. The minimum Gasteiger partial charge on any atom is -0.207 e. The second kappa shape index (κ2) is 4.70. The normalized spacial score (nSPS) is 29.6. The summed E-state index contributed by atoms with van der Waals surface area (Å²) >= 11 is 6.13. The molecule has 0 radical (unpaired) electrons. The van der Waals surface area contributed by atoms with Crippen LogP contribution in [0.3, 0.4) is 0 Å². The maximum atomic E-state index is 13.5. The van der Waals surface area contributed by atoms with E-state index in [9.17, 15) is 8.78 Å². The number of alkyl halides is 1. The van der Waals surface area contributed by atoms with Crippen LogP contribution in [-0.2, 0) is 6.42 Å². The van der Waals surface area contributed by atoms with E-state index in [2.05, 4.69) is 6.92 Å². The van der Waals surface area contributed by atoms with Crippen molar-refractivity contribution in [2.45, 2.75) is 31.6 Å². The fourth-order valence-electron chi connectivity index (χ4n) is 2.45. The zero-order valence-electron chi connectivity index (χ0n) is 9.22. The highest BCUT2D eigenvalue weighted by Crippen LogP contribution is 2.37. The molecule has 88 valence electrons. The number of hydrogen-bond donors (Lipinski definition) is 0. The molecule has 0 nitrogen and oxygen atoms in total. The number of rotatable bonds is 2. The minimum atomic E-state index is -0.518. The molecule has 3 heteroatoms. The van der Waals surface area contributed by atoms with E-state index < -0.39 is 11.6 Å². The summed E-state index contributed by atoms with van der Waals surface area (Å²) in [6, 6.07) is 3.81. The van der Waals surface area contributed by atoms with Gasteiger partial charge in [0.2, 0.25) is 0 Å². The number of halogens is 3. The summed E-state index contributed by atoms with van der Waals surface area (Å²) in [4.78, 5) is 0. The standard InChI is InChI=1S/C13H15ClF2/c1-8-9(3-5-12(8)14)6-10-2-4-11(15)7-13(10)16/h2,4,7-9,12H,3,5-6H2,1H3. The van der Waals surface area contributed by atoms with Crippen molar-refractivity contribution in [3.8, 4) is 0 Å². The lowest BCUT2D eigenvalue weighted by Crippen LogP contribution is -2.14. The zero-order valence-corrected chi connectivity index (χ0v) is 9.98. The second-order valence-corrected chi connectivity index (χ2v) is 5.21. The highest BCUT2D eigenvalue weighted by molar-refractivity contribution is 6.20. The van der Waals surface area contributed by atoms with Gasteiger partial charge >= 0.3 is 0 Å². The molecule has 0 aromatic heterocycles. The zero-order chi connectivity index (χ0) is 11.7. The molecule has 0 amide bonds. The van der Waals surface area contributed by atoms with Gasteiger partial charge in [-0.15, -0.1) is 11.6 Å². The third-order valence-corrected chi connectivity index (χ3v) is 4.24. The Bertz CT molecular complexity index is 378. The Morgan fingerprint density at radius 2 is 2.06 bits per heavy atom. The van der Waals surface area contributed by atoms with Crippen LogP contribution < -0.4 is 0 Å². The third-order valence-electron chi connectivity index (χ3n) is 3.62. The fourth-order valence-corrected chi connectivity index (χ4v) is 2.78. The molecule has 1 aliphatic carbocycles. The van der Waals surface area contributed by atoms with Gasteiger partial charge in [-0.25, -0.2) is 8.78 Å². The van der Waals surface area contributed by atoms with Gasteiger partial charge in [-0.3, -0.25) is 0 Å². The van der Waals surface area contributed by atoms with Crippen molar-refractivity contribution >= 4 is 11.6 Å². The first-order valence-corrected chi connectivity index (χ1v) is 6.09. The van der Waals surface area contributed by atoms with Crippen LogP contribution in [-0.4, -0.2) is 5.38 Å². The second-order valence-electron chi connectivity index (χ2n) is 4.65. The molecule has 0 aliphatic heterocycles. The van der Waals surface area contributed by atoms with Crippen molar-refractivity contribution in [3.05, 3.63) is 35.4 Å². The average molecular weight is 245 g/mol.